The van der Waals surface area contributed by atoms with Crippen molar-refractivity contribution in [2.75, 3.05) is 6.54 Å². The van der Waals surface area contributed by atoms with Gasteiger partial charge in [0.1, 0.15) is 5.75 Å². The number of carbonyl (C=O) groups is 2. The lowest BCUT2D eigenvalue weighted by atomic mass is 9.90. The lowest BCUT2D eigenvalue weighted by molar-refractivity contribution is -0.152. The number of hydrogen-bond donors (Lipinski definition) is 1. The molecule has 0 spiro atoms. The zero-order chi connectivity index (χ0) is 18.8. The van der Waals surface area contributed by atoms with Gasteiger partial charge in [0.05, 0.1) is 11.5 Å². The molecule has 1 unspecified atom stereocenters. The average Bonchev–Trinajstić information content (AvgIpc) is 2.53. The van der Waals surface area contributed by atoms with Crippen molar-refractivity contribution in [2.24, 2.45) is 5.92 Å². The normalized spacial score (nSPS) is 22.4. The predicted molar refractivity (Wildman–Crippen MR) is 83.1 cm³/mol. The summed E-state index contributed by atoms with van der Waals surface area (Å²) in [4.78, 5) is 25.2. The molecule has 1 aromatic rings. The summed E-state index contributed by atoms with van der Waals surface area (Å²) < 4.78 is 44.3. The van der Waals surface area contributed by atoms with Crippen molar-refractivity contribution in [1.82, 2.24) is 4.90 Å². The smallest absolute Gasteiger partial charge is 0.419 e. The number of para-hydroxylation sites is 1. The standard InChI is InChI=1S/C17H20F3NO4/c1-10-12(16(23)24)6-5-9-21(10)15(22)11(2)25-14-8-4-3-7-13(14)17(18,19)20/h3-4,7-8,10-12H,5-6,9H2,1-2H3,(H,23,24)/t10-,11?,12-/m0/s1. The zero-order valence-electron chi connectivity index (χ0n) is 13.9. The van der Waals surface area contributed by atoms with Gasteiger partial charge in [-0.05, 0) is 38.8 Å². The number of carboxylic acid groups (broad SMARTS) is 1. The third kappa shape index (κ3) is 4.24. The van der Waals surface area contributed by atoms with Crippen LogP contribution in [0.15, 0.2) is 24.3 Å². The number of hydrogen-bond acceptors (Lipinski definition) is 3. The molecule has 3 atom stereocenters. The third-order valence-electron chi connectivity index (χ3n) is 4.43. The molecule has 1 fully saturated rings. The molecular formula is C17H20F3NO4. The Morgan fingerprint density at radius 3 is 2.56 bits per heavy atom. The Morgan fingerprint density at radius 1 is 1.32 bits per heavy atom. The molecule has 25 heavy (non-hydrogen) atoms. The van der Waals surface area contributed by atoms with Crippen LogP contribution in [-0.2, 0) is 15.8 Å². The van der Waals surface area contributed by atoms with Crippen molar-refractivity contribution < 1.29 is 32.6 Å². The number of carbonyl (C=O) groups excluding carboxylic acids is 1. The summed E-state index contributed by atoms with van der Waals surface area (Å²) in [5.74, 6) is -2.61. The highest BCUT2D eigenvalue weighted by atomic mass is 19.4. The highest BCUT2D eigenvalue weighted by Gasteiger charge is 2.38. The van der Waals surface area contributed by atoms with Crippen molar-refractivity contribution in [3.8, 4) is 5.75 Å². The maximum absolute atomic E-state index is 13.0. The Labute approximate surface area is 143 Å². The molecule has 8 heteroatoms. The van der Waals surface area contributed by atoms with Crippen LogP contribution in [0, 0.1) is 5.92 Å². The summed E-state index contributed by atoms with van der Waals surface area (Å²) in [7, 11) is 0. The summed E-state index contributed by atoms with van der Waals surface area (Å²) in [5, 5.41) is 9.21. The largest absolute Gasteiger partial charge is 0.481 e. The molecular weight excluding hydrogens is 339 g/mol. The molecule has 1 N–H and O–H groups in total. The van der Waals surface area contributed by atoms with Crippen molar-refractivity contribution >= 4 is 11.9 Å². The van der Waals surface area contributed by atoms with Crippen LogP contribution in [0.1, 0.15) is 32.3 Å². The van der Waals surface area contributed by atoms with Crippen LogP contribution in [0.4, 0.5) is 13.2 Å². The number of carboxylic acids is 1. The van der Waals surface area contributed by atoms with Gasteiger partial charge in [0, 0.05) is 12.6 Å². The fraction of sp³-hybridized carbons (Fsp3) is 0.529. The number of ether oxygens (including phenoxy) is 1. The summed E-state index contributed by atoms with van der Waals surface area (Å²) in [6, 6.07) is 4.14. The number of aliphatic carboxylic acids is 1. The van der Waals surface area contributed by atoms with E-state index in [-0.39, 0.29) is 0 Å². The Hall–Kier alpha value is -2.25. The molecule has 1 aliphatic heterocycles. The van der Waals surface area contributed by atoms with Gasteiger partial charge < -0.3 is 14.7 Å². The van der Waals surface area contributed by atoms with Crippen LogP contribution in [0.5, 0.6) is 5.75 Å². The Morgan fingerprint density at radius 2 is 1.96 bits per heavy atom. The molecule has 1 amide bonds. The van der Waals surface area contributed by atoms with Crippen LogP contribution in [0.25, 0.3) is 0 Å². The van der Waals surface area contributed by atoms with Gasteiger partial charge in [-0.2, -0.15) is 13.2 Å². The van der Waals surface area contributed by atoms with E-state index in [9.17, 15) is 27.9 Å². The summed E-state index contributed by atoms with van der Waals surface area (Å²) >= 11 is 0. The maximum Gasteiger partial charge on any atom is 0.419 e. The van der Waals surface area contributed by atoms with Crippen LogP contribution < -0.4 is 4.74 Å². The molecule has 0 bridgehead atoms. The fourth-order valence-corrected chi connectivity index (χ4v) is 3.06. The van der Waals surface area contributed by atoms with Crippen LogP contribution in [0.2, 0.25) is 0 Å². The number of likely N-dealkylation sites (tertiary alicyclic amines) is 1. The quantitative estimate of drug-likeness (QED) is 0.897. The number of rotatable bonds is 4. The monoisotopic (exact) mass is 359 g/mol. The summed E-state index contributed by atoms with van der Waals surface area (Å²) in [6.45, 7) is 3.36. The maximum atomic E-state index is 13.0. The van der Waals surface area contributed by atoms with E-state index in [1.807, 2.05) is 0 Å². The minimum absolute atomic E-state index is 0.360. The Balaban J connectivity index is 2.15. The first-order valence-corrected chi connectivity index (χ1v) is 7.99. The van der Waals surface area contributed by atoms with Crippen molar-refractivity contribution in [3.05, 3.63) is 29.8 Å². The number of piperidine rings is 1. The average molecular weight is 359 g/mol. The molecule has 1 heterocycles. The molecule has 1 aliphatic rings. The molecule has 2 rings (SSSR count). The SMILES string of the molecule is CC(Oc1ccccc1C(F)(F)F)C(=O)N1CCC[C@H](C(=O)O)[C@@H]1C. The van der Waals surface area contributed by atoms with Gasteiger partial charge in [-0.15, -0.1) is 0 Å². The molecule has 0 radical (unpaired) electrons. The lowest BCUT2D eigenvalue weighted by Crippen LogP contribution is -2.52. The van der Waals surface area contributed by atoms with Crippen LogP contribution in [-0.4, -0.2) is 40.6 Å². The second-order valence-electron chi connectivity index (χ2n) is 6.11. The molecule has 1 aromatic carbocycles. The van der Waals surface area contributed by atoms with E-state index < -0.39 is 47.4 Å². The number of halogens is 3. The van der Waals surface area contributed by atoms with Crippen LogP contribution >= 0.6 is 0 Å². The minimum atomic E-state index is -4.59. The van der Waals surface area contributed by atoms with Gasteiger partial charge in [0.25, 0.3) is 5.91 Å². The first-order valence-electron chi connectivity index (χ1n) is 7.99. The van der Waals surface area contributed by atoms with E-state index >= 15 is 0 Å². The summed E-state index contributed by atoms with van der Waals surface area (Å²) in [6.07, 6.45) is -4.75. The minimum Gasteiger partial charge on any atom is -0.481 e. The van der Waals surface area contributed by atoms with E-state index in [4.69, 9.17) is 4.74 Å². The van der Waals surface area contributed by atoms with Gasteiger partial charge in [0.2, 0.25) is 0 Å². The van der Waals surface area contributed by atoms with Crippen molar-refractivity contribution in [3.63, 3.8) is 0 Å². The van der Waals surface area contributed by atoms with E-state index in [1.54, 1.807) is 6.92 Å². The van der Waals surface area contributed by atoms with Gasteiger partial charge in [-0.3, -0.25) is 9.59 Å². The predicted octanol–water partition coefficient (Wildman–Crippen LogP) is 3.18. The second kappa shape index (κ2) is 7.33. The van der Waals surface area contributed by atoms with E-state index in [1.165, 1.54) is 24.0 Å². The highest BCUT2D eigenvalue weighted by molar-refractivity contribution is 5.82. The molecule has 0 aliphatic carbocycles. The Kier molecular flexibility index (Phi) is 5.59. The number of benzene rings is 1. The fourth-order valence-electron chi connectivity index (χ4n) is 3.06. The van der Waals surface area contributed by atoms with Crippen molar-refractivity contribution in [1.29, 1.82) is 0 Å². The van der Waals surface area contributed by atoms with Crippen molar-refractivity contribution in [2.45, 2.75) is 45.0 Å². The van der Waals surface area contributed by atoms with Gasteiger partial charge in [-0.1, -0.05) is 12.1 Å². The molecule has 5 nitrogen and oxygen atoms in total. The Bertz CT molecular complexity index is 647. The topological polar surface area (TPSA) is 66.8 Å². The van der Waals surface area contributed by atoms with Gasteiger partial charge in [0.15, 0.2) is 6.10 Å². The van der Waals surface area contributed by atoms with E-state index in [0.717, 1.165) is 12.1 Å². The third-order valence-corrected chi connectivity index (χ3v) is 4.43. The van der Waals surface area contributed by atoms with Gasteiger partial charge in [-0.25, -0.2) is 0 Å². The number of nitrogens with zero attached hydrogens (tertiary/aromatic N) is 1. The first kappa shape index (κ1) is 19.1. The lowest BCUT2D eigenvalue weighted by Gasteiger charge is -2.38. The second-order valence-corrected chi connectivity index (χ2v) is 6.11. The first-order chi connectivity index (χ1) is 11.6. The molecule has 0 aromatic heterocycles. The van der Waals surface area contributed by atoms with Crippen LogP contribution in [0.3, 0.4) is 0 Å². The zero-order valence-corrected chi connectivity index (χ0v) is 13.9. The molecule has 1 saturated heterocycles. The summed E-state index contributed by atoms with van der Waals surface area (Å²) in [5.41, 5.74) is -0.954. The molecule has 0 saturated carbocycles. The van der Waals surface area contributed by atoms with E-state index in [0.29, 0.717) is 19.4 Å². The number of alkyl halides is 3. The van der Waals surface area contributed by atoms with Gasteiger partial charge >= 0.3 is 12.1 Å². The number of amides is 1. The molecule has 138 valence electrons. The highest BCUT2D eigenvalue weighted by Crippen LogP contribution is 2.36. The van der Waals surface area contributed by atoms with E-state index in [2.05, 4.69) is 0 Å².